The molecule has 6 nitrogen and oxygen atoms in total. The summed E-state index contributed by atoms with van der Waals surface area (Å²) >= 11 is 1.65. The van der Waals surface area contributed by atoms with Gasteiger partial charge in [-0.05, 0) is 25.7 Å². The maximum atomic E-state index is 5.71. The molecule has 1 saturated carbocycles. The fraction of sp³-hybridized carbons (Fsp3) is 0.750. The molecule has 0 bridgehead atoms. The molecule has 1 aromatic heterocycles. The monoisotopic (exact) mass is 339 g/mol. The zero-order valence-electron chi connectivity index (χ0n) is 14.7. The molecule has 0 saturated heterocycles. The molecule has 0 spiro atoms. The summed E-state index contributed by atoms with van der Waals surface area (Å²) in [5.74, 6) is 1.72. The summed E-state index contributed by atoms with van der Waals surface area (Å²) in [5, 5.41) is 6.42. The number of guanidine groups is 1. The second-order valence-electron chi connectivity index (χ2n) is 6.13. The molecule has 0 radical (unpaired) electrons. The largest absolute Gasteiger partial charge is 0.379 e. The molecule has 1 aromatic rings. The van der Waals surface area contributed by atoms with Gasteiger partial charge in [0.05, 0.1) is 18.8 Å². The third kappa shape index (κ3) is 6.35. The Kier molecular flexibility index (Phi) is 7.11. The lowest BCUT2D eigenvalue weighted by atomic mass is 10.5. The van der Waals surface area contributed by atoms with Gasteiger partial charge in [-0.2, -0.15) is 0 Å². The van der Waals surface area contributed by atoms with Crippen LogP contribution in [0, 0.1) is 5.92 Å². The molecule has 23 heavy (non-hydrogen) atoms. The Hall–Kier alpha value is -1.34. The van der Waals surface area contributed by atoms with Gasteiger partial charge in [0.2, 0.25) is 0 Å². The molecule has 2 rings (SSSR count). The van der Waals surface area contributed by atoms with Crippen LogP contribution >= 0.6 is 11.3 Å². The molecule has 0 aliphatic heterocycles. The average Bonchev–Trinajstić information content (AvgIpc) is 3.22. The summed E-state index contributed by atoms with van der Waals surface area (Å²) in [5.41, 5.74) is 1.01. The summed E-state index contributed by atoms with van der Waals surface area (Å²) in [6, 6.07) is 0. The molecular weight excluding hydrogens is 310 g/mol. The average molecular weight is 340 g/mol. The minimum Gasteiger partial charge on any atom is -0.379 e. The van der Waals surface area contributed by atoms with Crippen molar-refractivity contribution in [2.75, 3.05) is 52.3 Å². The second kappa shape index (κ2) is 9.08. The fourth-order valence-corrected chi connectivity index (χ4v) is 2.79. The predicted molar refractivity (Wildman–Crippen MR) is 97.4 cm³/mol. The molecule has 1 aliphatic rings. The molecule has 0 unspecified atom stereocenters. The molecule has 0 amide bonds. The topological polar surface area (TPSA) is 53.0 Å². The van der Waals surface area contributed by atoms with Crippen LogP contribution in [0.1, 0.15) is 25.5 Å². The number of ether oxygens (including phenoxy) is 1. The number of aromatic nitrogens is 1. The van der Waals surface area contributed by atoms with E-state index in [9.17, 15) is 0 Å². The van der Waals surface area contributed by atoms with E-state index in [1.165, 1.54) is 12.8 Å². The minimum atomic E-state index is 0.597. The fourth-order valence-electron chi connectivity index (χ4n) is 2.04. The third-order valence-corrected chi connectivity index (χ3v) is 4.69. The lowest BCUT2D eigenvalue weighted by molar-refractivity contribution is 0.115. The van der Waals surface area contributed by atoms with Gasteiger partial charge in [-0.3, -0.25) is 0 Å². The summed E-state index contributed by atoms with van der Waals surface area (Å²) in [6.45, 7) is 6.04. The second-order valence-corrected chi connectivity index (χ2v) is 6.96. The van der Waals surface area contributed by atoms with Gasteiger partial charge in [-0.1, -0.05) is 0 Å². The lowest BCUT2D eigenvalue weighted by Crippen LogP contribution is -2.40. The smallest absolute Gasteiger partial charge is 0.194 e. The first-order chi connectivity index (χ1) is 11.1. The molecular formula is C16H29N5OS. The van der Waals surface area contributed by atoms with Crippen LogP contribution in [0.2, 0.25) is 0 Å². The van der Waals surface area contributed by atoms with E-state index in [-0.39, 0.29) is 0 Å². The van der Waals surface area contributed by atoms with Crippen molar-refractivity contribution in [2.24, 2.45) is 10.9 Å². The normalized spacial score (nSPS) is 14.9. The van der Waals surface area contributed by atoms with Crippen molar-refractivity contribution in [3.63, 3.8) is 0 Å². The molecule has 0 atom stereocenters. The molecule has 1 fully saturated rings. The van der Waals surface area contributed by atoms with Crippen molar-refractivity contribution in [3.8, 4) is 0 Å². The number of likely N-dealkylation sites (N-methyl/N-ethyl adjacent to an activating group) is 1. The Bertz CT molecular complexity index is 498. The number of aliphatic imine (C=N–C) groups is 1. The van der Waals surface area contributed by atoms with E-state index in [0.29, 0.717) is 6.54 Å². The molecule has 130 valence electrons. The van der Waals surface area contributed by atoms with E-state index in [0.717, 1.165) is 49.0 Å². The van der Waals surface area contributed by atoms with Crippen molar-refractivity contribution in [1.29, 1.82) is 0 Å². The van der Waals surface area contributed by atoms with E-state index in [1.54, 1.807) is 11.3 Å². The summed E-state index contributed by atoms with van der Waals surface area (Å²) in [4.78, 5) is 13.4. The third-order valence-electron chi connectivity index (χ3n) is 3.63. The van der Waals surface area contributed by atoms with Crippen molar-refractivity contribution in [2.45, 2.75) is 26.3 Å². The number of nitrogens with zero attached hydrogens (tertiary/aromatic N) is 4. The van der Waals surface area contributed by atoms with Gasteiger partial charge in [-0.25, -0.2) is 9.98 Å². The minimum absolute atomic E-state index is 0.597. The summed E-state index contributed by atoms with van der Waals surface area (Å²) in [6.07, 6.45) is 2.67. The Labute approximate surface area is 143 Å². The van der Waals surface area contributed by atoms with Gasteiger partial charge in [0.25, 0.3) is 0 Å². The zero-order valence-corrected chi connectivity index (χ0v) is 15.5. The van der Waals surface area contributed by atoms with Crippen molar-refractivity contribution >= 4 is 22.4 Å². The maximum absolute atomic E-state index is 5.71. The van der Waals surface area contributed by atoms with Crippen LogP contribution in [0.4, 0.5) is 5.13 Å². The van der Waals surface area contributed by atoms with Gasteiger partial charge < -0.3 is 19.9 Å². The Balaban J connectivity index is 1.81. The van der Waals surface area contributed by atoms with Crippen molar-refractivity contribution < 1.29 is 4.74 Å². The number of hydrogen-bond donors (Lipinski definition) is 1. The highest BCUT2D eigenvalue weighted by atomic mass is 32.1. The molecule has 0 aromatic carbocycles. The van der Waals surface area contributed by atoms with Crippen molar-refractivity contribution in [1.82, 2.24) is 15.2 Å². The Morgan fingerprint density at radius 3 is 2.83 bits per heavy atom. The SMILES string of the molecule is CCNC(=NCc1csc(N(C)C)n1)N(C)CCOCC1CC1. The first-order valence-electron chi connectivity index (χ1n) is 8.29. The molecule has 1 N–H and O–H groups in total. The summed E-state index contributed by atoms with van der Waals surface area (Å²) in [7, 11) is 6.06. The standard InChI is InChI=1S/C16H29N5OS/c1-5-17-15(21(4)8-9-22-11-13-6-7-13)18-10-14-12-23-16(19-14)20(2)3/h12-13H,5-11H2,1-4H3,(H,17,18). The van der Waals surface area contributed by atoms with Crippen LogP contribution in [0.25, 0.3) is 0 Å². The van der Waals surface area contributed by atoms with Gasteiger partial charge >= 0.3 is 0 Å². The highest BCUT2D eigenvalue weighted by molar-refractivity contribution is 7.13. The van der Waals surface area contributed by atoms with E-state index in [1.807, 2.05) is 26.0 Å². The first kappa shape index (κ1) is 18.0. The Morgan fingerprint density at radius 2 is 2.22 bits per heavy atom. The van der Waals surface area contributed by atoms with E-state index in [4.69, 9.17) is 4.74 Å². The highest BCUT2D eigenvalue weighted by Crippen LogP contribution is 2.28. The van der Waals surface area contributed by atoms with Crippen LogP contribution in [0.15, 0.2) is 10.4 Å². The van der Waals surface area contributed by atoms with Crippen molar-refractivity contribution in [3.05, 3.63) is 11.1 Å². The van der Waals surface area contributed by atoms with E-state index in [2.05, 4.69) is 32.5 Å². The van der Waals surface area contributed by atoms with E-state index >= 15 is 0 Å². The lowest BCUT2D eigenvalue weighted by Gasteiger charge is -2.21. The number of rotatable bonds is 9. The first-order valence-corrected chi connectivity index (χ1v) is 9.17. The molecule has 1 aliphatic carbocycles. The van der Waals surface area contributed by atoms with Crippen LogP contribution in [-0.4, -0.2) is 63.3 Å². The van der Waals surface area contributed by atoms with Gasteiger partial charge in [0, 0.05) is 46.2 Å². The highest BCUT2D eigenvalue weighted by Gasteiger charge is 2.21. The maximum Gasteiger partial charge on any atom is 0.194 e. The molecule has 1 heterocycles. The van der Waals surface area contributed by atoms with Crippen LogP contribution in [0.3, 0.4) is 0 Å². The zero-order chi connectivity index (χ0) is 16.7. The number of thiazole rings is 1. The van der Waals surface area contributed by atoms with Gasteiger partial charge in [0.15, 0.2) is 11.1 Å². The van der Waals surface area contributed by atoms with Gasteiger partial charge in [-0.15, -0.1) is 11.3 Å². The van der Waals surface area contributed by atoms with Crippen LogP contribution in [-0.2, 0) is 11.3 Å². The van der Waals surface area contributed by atoms with E-state index < -0.39 is 0 Å². The molecule has 7 heteroatoms. The van der Waals surface area contributed by atoms with Crippen LogP contribution < -0.4 is 10.2 Å². The number of hydrogen-bond acceptors (Lipinski definition) is 5. The number of nitrogens with one attached hydrogen (secondary N) is 1. The Morgan fingerprint density at radius 1 is 1.43 bits per heavy atom. The predicted octanol–water partition coefficient (Wildman–Crippen LogP) is 2.03. The van der Waals surface area contributed by atoms with Crippen LogP contribution in [0.5, 0.6) is 0 Å². The number of anilines is 1. The summed E-state index contributed by atoms with van der Waals surface area (Å²) < 4.78 is 5.71. The van der Waals surface area contributed by atoms with Gasteiger partial charge in [0.1, 0.15) is 0 Å². The quantitative estimate of drug-likeness (QED) is 0.424.